The second-order valence-electron chi connectivity index (χ2n) is 4.49. The maximum absolute atomic E-state index is 12.2. The maximum Gasteiger partial charge on any atom is 0.343 e. The van der Waals surface area contributed by atoms with E-state index in [1.807, 2.05) is 30.3 Å². The number of rotatable bonds is 3. The summed E-state index contributed by atoms with van der Waals surface area (Å²) >= 11 is 0. The van der Waals surface area contributed by atoms with Crippen LogP contribution in [-0.2, 0) is 11.3 Å². The van der Waals surface area contributed by atoms with Gasteiger partial charge in [-0.1, -0.05) is 30.3 Å². The zero-order valence-corrected chi connectivity index (χ0v) is 11.1. The molecule has 1 aromatic carbocycles. The first-order valence-electron chi connectivity index (χ1n) is 6.43. The lowest BCUT2D eigenvalue weighted by atomic mass is 10.2. The number of ether oxygens (including phenoxy) is 1. The fraction of sp³-hybridized carbons (Fsp3) is 0.0625. The van der Waals surface area contributed by atoms with Crippen molar-refractivity contribution < 1.29 is 9.53 Å². The van der Waals surface area contributed by atoms with Crippen LogP contribution >= 0.6 is 0 Å². The molecule has 3 aromatic rings. The molecule has 2 aromatic heterocycles. The summed E-state index contributed by atoms with van der Waals surface area (Å²) in [7, 11) is 0. The van der Waals surface area contributed by atoms with Crippen LogP contribution in [0.15, 0.2) is 59.7 Å². The van der Waals surface area contributed by atoms with Crippen LogP contribution in [0.25, 0.3) is 11.0 Å². The van der Waals surface area contributed by atoms with Gasteiger partial charge in [-0.2, -0.15) is 0 Å². The Hall–Kier alpha value is -2.95. The van der Waals surface area contributed by atoms with E-state index in [0.29, 0.717) is 11.0 Å². The highest BCUT2D eigenvalue weighted by Crippen LogP contribution is 2.07. The number of carbonyl (C=O) groups is 1. The molecule has 0 bridgehead atoms. The molecule has 0 amide bonds. The van der Waals surface area contributed by atoms with Gasteiger partial charge in [-0.15, -0.1) is 0 Å². The summed E-state index contributed by atoms with van der Waals surface area (Å²) in [5, 5.41) is 0.367. The van der Waals surface area contributed by atoms with E-state index >= 15 is 0 Å². The summed E-state index contributed by atoms with van der Waals surface area (Å²) < 4.78 is 5.16. The van der Waals surface area contributed by atoms with Gasteiger partial charge in [-0.25, -0.2) is 9.78 Å². The average molecular weight is 280 g/mol. The Morgan fingerprint density at radius 2 is 1.95 bits per heavy atom. The summed E-state index contributed by atoms with van der Waals surface area (Å²) in [5.41, 5.74) is 0.910. The third-order valence-electron chi connectivity index (χ3n) is 3.08. The van der Waals surface area contributed by atoms with Gasteiger partial charge in [0, 0.05) is 12.4 Å². The Bertz CT molecular complexity index is 841. The summed E-state index contributed by atoms with van der Waals surface area (Å²) in [6, 6.07) is 12.6. The molecular formula is C16H12N2O3. The van der Waals surface area contributed by atoms with Gasteiger partial charge in [-0.3, -0.25) is 4.79 Å². The molecule has 0 aliphatic rings. The molecule has 3 rings (SSSR count). The molecule has 0 radical (unpaired) electrons. The van der Waals surface area contributed by atoms with Crippen molar-refractivity contribution in [1.82, 2.24) is 9.97 Å². The number of carbonyl (C=O) groups excluding carboxylic acids is 1. The summed E-state index contributed by atoms with van der Waals surface area (Å²) in [4.78, 5) is 31.1. The number of pyridine rings is 2. The van der Waals surface area contributed by atoms with Gasteiger partial charge in [0.25, 0.3) is 0 Å². The predicted molar refractivity (Wildman–Crippen MR) is 77.9 cm³/mol. The van der Waals surface area contributed by atoms with Crippen LogP contribution in [0.1, 0.15) is 15.9 Å². The van der Waals surface area contributed by atoms with E-state index in [0.717, 1.165) is 5.56 Å². The molecule has 21 heavy (non-hydrogen) atoms. The van der Waals surface area contributed by atoms with E-state index in [-0.39, 0.29) is 17.6 Å². The van der Waals surface area contributed by atoms with Gasteiger partial charge in [-0.05, 0) is 17.7 Å². The van der Waals surface area contributed by atoms with Gasteiger partial charge in [0.2, 0.25) is 5.43 Å². The van der Waals surface area contributed by atoms with Crippen LogP contribution in [-0.4, -0.2) is 15.9 Å². The SMILES string of the molecule is O=C(OCc1ccccc1)c1c[nH]c2ncccc2c1=O. The summed E-state index contributed by atoms with van der Waals surface area (Å²) in [6.45, 7) is 0.129. The Morgan fingerprint density at radius 1 is 1.14 bits per heavy atom. The number of H-pyrrole nitrogens is 1. The molecule has 0 atom stereocenters. The number of nitrogens with one attached hydrogen (secondary N) is 1. The predicted octanol–water partition coefficient (Wildman–Crippen LogP) is 2.28. The fourth-order valence-electron chi connectivity index (χ4n) is 2.01. The molecule has 1 N–H and O–H groups in total. The molecule has 0 fully saturated rings. The molecule has 104 valence electrons. The van der Waals surface area contributed by atoms with Crippen molar-refractivity contribution in [3.8, 4) is 0 Å². The van der Waals surface area contributed by atoms with Gasteiger partial charge in [0.05, 0.1) is 5.39 Å². The minimum Gasteiger partial charge on any atom is -0.457 e. The molecule has 5 heteroatoms. The third kappa shape index (κ3) is 2.67. The van der Waals surface area contributed by atoms with Crippen molar-refractivity contribution in [2.45, 2.75) is 6.61 Å². The van der Waals surface area contributed by atoms with Gasteiger partial charge in [0.15, 0.2) is 0 Å². The van der Waals surface area contributed by atoms with E-state index in [1.165, 1.54) is 6.20 Å². The highest BCUT2D eigenvalue weighted by Gasteiger charge is 2.14. The van der Waals surface area contributed by atoms with Crippen LogP contribution in [0.2, 0.25) is 0 Å². The van der Waals surface area contributed by atoms with Crippen LogP contribution in [0, 0.1) is 0 Å². The normalized spacial score (nSPS) is 10.5. The number of nitrogens with zero attached hydrogens (tertiary/aromatic N) is 1. The van der Waals surface area contributed by atoms with Gasteiger partial charge >= 0.3 is 5.97 Å². The number of fused-ring (bicyclic) bond motifs is 1. The van der Waals surface area contributed by atoms with Crippen LogP contribution < -0.4 is 5.43 Å². The minimum atomic E-state index is -0.647. The zero-order chi connectivity index (χ0) is 14.7. The number of aromatic amines is 1. The van der Waals surface area contributed by atoms with Gasteiger partial charge in [0.1, 0.15) is 17.8 Å². The Labute approximate surface area is 120 Å². The quantitative estimate of drug-likeness (QED) is 0.747. The minimum absolute atomic E-state index is 0.0218. The van der Waals surface area contributed by atoms with Crippen molar-refractivity contribution in [2.24, 2.45) is 0 Å². The number of esters is 1. The first-order chi connectivity index (χ1) is 10.3. The average Bonchev–Trinajstić information content (AvgIpc) is 2.54. The lowest BCUT2D eigenvalue weighted by Crippen LogP contribution is -2.18. The number of hydrogen-bond acceptors (Lipinski definition) is 4. The molecule has 0 saturated carbocycles. The van der Waals surface area contributed by atoms with Crippen LogP contribution in [0.3, 0.4) is 0 Å². The standard InChI is InChI=1S/C16H12N2O3/c19-14-12-7-4-8-17-15(12)18-9-13(14)16(20)21-10-11-5-2-1-3-6-11/h1-9H,10H2,(H,17,18,19). The second-order valence-corrected chi connectivity index (χ2v) is 4.49. The number of hydrogen-bond donors (Lipinski definition) is 1. The van der Waals surface area contributed by atoms with Crippen molar-refractivity contribution in [3.05, 3.63) is 76.2 Å². The van der Waals surface area contributed by atoms with E-state index in [1.54, 1.807) is 18.3 Å². The molecule has 0 aliphatic heterocycles. The van der Waals surface area contributed by atoms with E-state index < -0.39 is 5.97 Å². The molecule has 0 aliphatic carbocycles. The zero-order valence-electron chi connectivity index (χ0n) is 11.1. The third-order valence-corrected chi connectivity index (χ3v) is 3.08. The van der Waals surface area contributed by atoms with E-state index in [9.17, 15) is 9.59 Å². The van der Waals surface area contributed by atoms with Crippen molar-refractivity contribution in [1.29, 1.82) is 0 Å². The van der Waals surface area contributed by atoms with Crippen LogP contribution in [0.4, 0.5) is 0 Å². The van der Waals surface area contributed by atoms with Crippen LogP contribution in [0.5, 0.6) is 0 Å². The van der Waals surface area contributed by atoms with E-state index in [4.69, 9.17) is 4.74 Å². The Balaban J connectivity index is 1.85. The maximum atomic E-state index is 12.2. The molecule has 0 spiro atoms. The molecule has 2 heterocycles. The monoisotopic (exact) mass is 280 g/mol. The summed E-state index contributed by atoms with van der Waals surface area (Å²) in [6.07, 6.45) is 2.91. The van der Waals surface area contributed by atoms with E-state index in [2.05, 4.69) is 9.97 Å². The van der Waals surface area contributed by atoms with Gasteiger partial charge < -0.3 is 9.72 Å². The van der Waals surface area contributed by atoms with Crippen molar-refractivity contribution in [2.75, 3.05) is 0 Å². The van der Waals surface area contributed by atoms with Crippen molar-refractivity contribution in [3.63, 3.8) is 0 Å². The molecule has 0 unspecified atom stereocenters. The lowest BCUT2D eigenvalue weighted by molar-refractivity contribution is 0.0471. The Kier molecular flexibility index (Phi) is 3.47. The number of benzene rings is 1. The molecule has 5 nitrogen and oxygen atoms in total. The molecule has 0 saturated heterocycles. The van der Waals surface area contributed by atoms with Crippen molar-refractivity contribution >= 4 is 17.0 Å². The summed E-state index contributed by atoms with van der Waals surface area (Å²) in [5.74, 6) is -0.647. The topological polar surface area (TPSA) is 72.1 Å². The second kappa shape index (κ2) is 5.58. The molecular weight excluding hydrogens is 268 g/mol. The largest absolute Gasteiger partial charge is 0.457 e. The fourth-order valence-corrected chi connectivity index (χ4v) is 2.01. The highest BCUT2D eigenvalue weighted by molar-refractivity contribution is 5.92. The smallest absolute Gasteiger partial charge is 0.343 e. The highest BCUT2D eigenvalue weighted by atomic mass is 16.5. The first-order valence-corrected chi connectivity index (χ1v) is 6.43. The lowest BCUT2D eigenvalue weighted by Gasteiger charge is -2.05. The Morgan fingerprint density at radius 3 is 2.76 bits per heavy atom. The number of aromatic nitrogens is 2. The first kappa shape index (κ1) is 13.1.